The summed E-state index contributed by atoms with van der Waals surface area (Å²) in [5, 5.41) is 0. The number of fused-ring (bicyclic) bond motifs is 2. The highest BCUT2D eigenvalue weighted by Crippen LogP contribution is 2.78. The van der Waals surface area contributed by atoms with Crippen LogP contribution in [0, 0.1) is 16.7 Å². The third kappa shape index (κ3) is 1.000. The van der Waals surface area contributed by atoms with Crippen LogP contribution in [0.4, 0.5) is 0 Å². The molecule has 4 aliphatic rings. The van der Waals surface area contributed by atoms with Gasteiger partial charge in [0.05, 0.1) is 0 Å². The molecular weight excluding hydrogens is 224 g/mol. The van der Waals surface area contributed by atoms with Gasteiger partial charge < -0.3 is 4.74 Å². The number of carbonyl (C=O) groups excluding carboxylic acids is 1. The van der Waals surface area contributed by atoms with Crippen LogP contribution in [0.1, 0.15) is 46.0 Å². The van der Waals surface area contributed by atoms with Crippen molar-refractivity contribution in [1.82, 2.24) is 0 Å². The SMILES string of the molecule is C=C1C(=O)O[C@@H]2C3=C(C)CC[C@]34C[C@]4(C)CC[C@@H]12. The lowest BCUT2D eigenvalue weighted by Crippen LogP contribution is -2.23. The van der Waals surface area contributed by atoms with E-state index in [4.69, 9.17) is 4.74 Å². The number of ether oxygens (including phenoxy) is 1. The molecule has 96 valence electrons. The number of allylic oxidation sites excluding steroid dienone is 1. The second kappa shape index (κ2) is 2.92. The van der Waals surface area contributed by atoms with Crippen molar-refractivity contribution in [2.24, 2.45) is 16.7 Å². The van der Waals surface area contributed by atoms with E-state index in [-0.39, 0.29) is 18.0 Å². The average molecular weight is 244 g/mol. The largest absolute Gasteiger partial charge is 0.454 e. The minimum Gasteiger partial charge on any atom is -0.454 e. The molecule has 4 rings (SSSR count). The molecular formula is C16H20O2. The Morgan fingerprint density at radius 1 is 1.39 bits per heavy atom. The van der Waals surface area contributed by atoms with Crippen molar-refractivity contribution in [2.75, 3.05) is 0 Å². The van der Waals surface area contributed by atoms with E-state index in [1.807, 2.05) is 0 Å². The molecule has 0 aromatic heterocycles. The highest BCUT2D eigenvalue weighted by molar-refractivity contribution is 5.91. The number of hydrogen-bond donors (Lipinski definition) is 0. The quantitative estimate of drug-likeness (QED) is 0.371. The summed E-state index contributed by atoms with van der Waals surface area (Å²) < 4.78 is 5.68. The molecule has 2 saturated carbocycles. The molecule has 0 amide bonds. The van der Waals surface area contributed by atoms with Crippen LogP contribution in [0.5, 0.6) is 0 Å². The summed E-state index contributed by atoms with van der Waals surface area (Å²) in [7, 11) is 0. The van der Waals surface area contributed by atoms with Crippen molar-refractivity contribution in [1.29, 1.82) is 0 Å². The fourth-order valence-electron chi connectivity index (χ4n) is 5.02. The Bertz CT molecular complexity index is 515. The Kier molecular flexibility index (Phi) is 1.76. The monoisotopic (exact) mass is 244 g/mol. The Morgan fingerprint density at radius 2 is 2.17 bits per heavy atom. The van der Waals surface area contributed by atoms with E-state index in [2.05, 4.69) is 20.4 Å². The van der Waals surface area contributed by atoms with Crippen molar-refractivity contribution in [2.45, 2.75) is 52.1 Å². The summed E-state index contributed by atoms with van der Waals surface area (Å²) in [5.41, 5.74) is 4.53. The molecule has 0 unspecified atom stereocenters. The third-order valence-corrected chi connectivity index (χ3v) is 6.23. The molecule has 1 heterocycles. The van der Waals surface area contributed by atoms with Gasteiger partial charge in [-0.15, -0.1) is 0 Å². The van der Waals surface area contributed by atoms with Crippen molar-refractivity contribution in [3.8, 4) is 0 Å². The lowest BCUT2D eigenvalue weighted by atomic mass is 9.84. The summed E-state index contributed by atoms with van der Waals surface area (Å²) in [6.45, 7) is 8.63. The van der Waals surface area contributed by atoms with Crippen LogP contribution in [-0.4, -0.2) is 12.1 Å². The van der Waals surface area contributed by atoms with Crippen LogP contribution in [0.15, 0.2) is 23.3 Å². The molecule has 0 aromatic rings. The Balaban J connectivity index is 1.86. The van der Waals surface area contributed by atoms with Crippen LogP contribution >= 0.6 is 0 Å². The third-order valence-electron chi connectivity index (χ3n) is 6.23. The zero-order chi connectivity index (χ0) is 12.7. The zero-order valence-corrected chi connectivity index (χ0v) is 11.2. The standard InChI is InChI=1S/C16H20O2/c1-9-4-7-16-8-15(16,3)6-5-11-10(2)14(17)18-13(11)12(9)16/h11,13H,2,4-8H2,1,3H3/t11-,13-,15-,16-/m0/s1. The second-order valence-corrected chi connectivity index (χ2v) is 7.01. The predicted molar refractivity (Wildman–Crippen MR) is 68.8 cm³/mol. The summed E-state index contributed by atoms with van der Waals surface area (Å²) in [6.07, 6.45) is 6.10. The van der Waals surface area contributed by atoms with E-state index in [0.717, 1.165) is 6.42 Å². The average Bonchev–Trinajstić information content (AvgIpc) is 2.65. The van der Waals surface area contributed by atoms with Gasteiger partial charge >= 0.3 is 5.97 Å². The molecule has 0 N–H and O–H groups in total. The lowest BCUT2D eigenvalue weighted by Gasteiger charge is -2.23. The minimum atomic E-state index is -0.156. The summed E-state index contributed by atoms with van der Waals surface area (Å²) in [4.78, 5) is 11.8. The molecule has 1 saturated heterocycles. The molecule has 3 aliphatic carbocycles. The van der Waals surface area contributed by atoms with Crippen LogP contribution < -0.4 is 0 Å². The van der Waals surface area contributed by atoms with Gasteiger partial charge in [0.25, 0.3) is 0 Å². The maximum atomic E-state index is 11.8. The van der Waals surface area contributed by atoms with Gasteiger partial charge in [0.15, 0.2) is 0 Å². The first-order valence-corrected chi connectivity index (χ1v) is 7.08. The Labute approximate surface area is 108 Å². The van der Waals surface area contributed by atoms with E-state index < -0.39 is 0 Å². The van der Waals surface area contributed by atoms with Crippen LogP contribution in [0.2, 0.25) is 0 Å². The van der Waals surface area contributed by atoms with Crippen LogP contribution in [0.3, 0.4) is 0 Å². The molecule has 18 heavy (non-hydrogen) atoms. The Morgan fingerprint density at radius 3 is 2.94 bits per heavy atom. The molecule has 0 radical (unpaired) electrons. The molecule has 4 atom stereocenters. The summed E-state index contributed by atoms with van der Waals surface area (Å²) >= 11 is 0. The fraction of sp³-hybridized carbons (Fsp3) is 0.688. The lowest BCUT2D eigenvalue weighted by molar-refractivity contribution is -0.138. The number of carbonyl (C=O) groups is 1. The van der Waals surface area contributed by atoms with Gasteiger partial charge in [-0.1, -0.05) is 19.1 Å². The molecule has 1 spiro atoms. The molecule has 1 aliphatic heterocycles. The van der Waals surface area contributed by atoms with Crippen molar-refractivity contribution in [3.63, 3.8) is 0 Å². The smallest absolute Gasteiger partial charge is 0.334 e. The van der Waals surface area contributed by atoms with Gasteiger partial charge in [0.1, 0.15) is 6.10 Å². The van der Waals surface area contributed by atoms with E-state index in [1.165, 1.54) is 36.8 Å². The summed E-state index contributed by atoms with van der Waals surface area (Å²) in [5.74, 6) is 0.0960. The van der Waals surface area contributed by atoms with Crippen LogP contribution in [0.25, 0.3) is 0 Å². The van der Waals surface area contributed by atoms with Gasteiger partial charge in [-0.05, 0) is 50.0 Å². The molecule has 2 heteroatoms. The normalized spacial score (nSPS) is 49.4. The van der Waals surface area contributed by atoms with E-state index >= 15 is 0 Å². The van der Waals surface area contributed by atoms with Crippen molar-refractivity contribution >= 4 is 5.97 Å². The fourth-order valence-corrected chi connectivity index (χ4v) is 5.02. The number of rotatable bonds is 0. The van der Waals surface area contributed by atoms with E-state index in [1.54, 1.807) is 0 Å². The molecule has 2 nitrogen and oxygen atoms in total. The Hall–Kier alpha value is -1.05. The minimum absolute atomic E-state index is 0.0248. The maximum Gasteiger partial charge on any atom is 0.334 e. The van der Waals surface area contributed by atoms with Gasteiger partial charge in [0, 0.05) is 16.9 Å². The highest BCUT2D eigenvalue weighted by Gasteiger charge is 2.70. The molecule has 3 fully saturated rings. The van der Waals surface area contributed by atoms with Crippen molar-refractivity contribution < 1.29 is 9.53 Å². The molecule has 0 aromatic carbocycles. The van der Waals surface area contributed by atoms with Gasteiger partial charge in [-0.3, -0.25) is 0 Å². The van der Waals surface area contributed by atoms with Gasteiger partial charge in [-0.25, -0.2) is 4.79 Å². The number of hydrogen-bond acceptors (Lipinski definition) is 2. The highest BCUT2D eigenvalue weighted by atomic mass is 16.6. The maximum absolute atomic E-state index is 11.8. The van der Waals surface area contributed by atoms with E-state index in [0.29, 0.717) is 16.4 Å². The van der Waals surface area contributed by atoms with Gasteiger partial charge in [0.2, 0.25) is 0 Å². The van der Waals surface area contributed by atoms with E-state index in [9.17, 15) is 4.79 Å². The first-order chi connectivity index (χ1) is 8.48. The van der Waals surface area contributed by atoms with Gasteiger partial charge in [-0.2, -0.15) is 0 Å². The second-order valence-electron chi connectivity index (χ2n) is 7.01. The van der Waals surface area contributed by atoms with Crippen LogP contribution in [-0.2, 0) is 9.53 Å². The zero-order valence-electron chi connectivity index (χ0n) is 11.2. The first kappa shape index (κ1) is 10.8. The summed E-state index contributed by atoms with van der Waals surface area (Å²) in [6, 6.07) is 0. The molecule has 0 bridgehead atoms. The topological polar surface area (TPSA) is 26.3 Å². The number of esters is 1. The predicted octanol–water partition coefficient (Wildman–Crippen LogP) is 3.38. The first-order valence-electron chi connectivity index (χ1n) is 7.08. The van der Waals surface area contributed by atoms with Crippen molar-refractivity contribution in [3.05, 3.63) is 23.3 Å².